The third kappa shape index (κ3) is 5.27. The highest BCUT2D eigenvalue weighted by atomic mass is 35.5. The zero-order chi connectivity index (χ0) is 20.1. The van der Waals surface area contributed by atoms with Gasteiger partial charge in [-0.15, -0.1) is 0 Å². The van der Waals surface area contributed by atoms with Gasteiger partial charge in [-0.2, -0.15) is 0 Å². The van der Waals surface area contributed by atoms with Crippen LogP contribution in [0.15, 0.2) is 36.4 Å². The third-order valence-corrected chi connectivity index (χ3v) is 4.27. The summed E-state index contributed by atoms with van der Waals surface area (Å²) in [6.45, 7) is 3.78. The van der Waals surface area contributed by atoms with Gasteiger partial charge >= 0.3 is 5.97 Å². The van der Waals surface area contributed by atoms with Gasteiger partial charge in [0.2, 0.25) is 0 Å². The van der Waals surface area contributed by atoms with Crippen LogP contribution in [0, 0.1) is 24.0 Å². The number of aryl methyl sites for hydroxylation is 2. The van der Waals surface area contributed by atoms with Gasteiger partial charge < -0.3 is 9.64 Å². The largest absolute Gasteiger partial charge is 0.452 e. The number of halogens is 1. The van der Waals surface area contributed by atoms with Crippen LogP contribution in [0.5, 0.6) is 0 Å². The monoisotopic (exact) mass is 390 g/mol. The number of carbonyl (C=O) groups is 2. The number of ether oxygens (including phenoxy) is 1. The van der Waals surface area contributed by atoms with Gasteiger partial charge in [-0.3, -0.25) is 14.9 Å². The van der Waals surface area contributed by atoms with Gasteiger partial charge in [0.1, 0.15) is 5.56 Å². The Bertz CT molecular complexity index is 898. The van der Waals surface area contributed by atoms with Crippen molar-refractivity contribution in [2.24, 2.45) is 0 Å². The maximum absolute atomic E-state index is 12.2. The Morgan fingerprint density at radius 2 is 1.89 bits per heavy atom. The van der Waals surface area contributed by atoms with Gasteiger partial charge in [0.05, 0.1) is 4.92 Å². The molecule has 0 atom stereocenters. The predicted octanol–water partition coefficient (Wildman–Crippen LogP) is 3.68. The lowest BCUT2D eigenvalue weighted by atomic mass is 10.1. The van der Waals surface area contributed by atoms with E-state index >= 15 is 0 Å². The Morgan fingerprint density at radius 3 is 2.52 bits per heavy atom. The fourth-order valence-electron chi connectivity index (χ4n) is 2.51. The van der Waals surface area contributed by atoms with Crippen LogP contribution in [-0.2, 0) is 16.1 Å². The summed E-state index contributed by atoms with van der Waals surface area (Å²) in [5.74, 6) is -1.40. The van der Waals surface area contributed by atoms with Crippen LogP contribution < -0.4 is 0 Å². The molecule has 0 N–H and O–H groups in total. The molecule has 0 saturated heterocycles. The second-order valence-corrected chi connectivity index (χ2v) is 6.61. The maximum atomic E-state index is 12.2. The molecule has 2 rings (SSSR count). The highest BCUT2D eigenvalue weighted by molar-refractivity contribution is 6.31. The Balaban J connectivity index is 2.01. The number of nitro groups is 1. The number of hydrogen-bond acceptors (Lipinski definition) is 5. The molecule has 7 nitrogen and oxygen atoms in total. The number of nitrogens with zero attached hydrogens (tertiary/aromatic N) is 2. The van der Waals surface area contributed by atoms with Crippen LogP contribution in [0.3, 0.4) is 0 Å². The van der Waals surface area contributed by atoms with Crippen molar-refractivity contribution >= 4 is 29.2 Å². The number of likely N-dealkylation sites (N-methyl/N-ethyl adjacent to an activating group) is 1. The molecule has 0 unspecified atom stereocenters. The summed E-state index contributed by atoms with van der Waals surface area (Å²) in [5, 5.41) is 11.2. The van der Waals surface area contributed by atoms with Crippen LogP contribution >= 0.6 is 11.6 Å². The molecule has 0 aliphatic carbocycles. The maximum Gasteiger partial charge on any atom is 0.345 e. The first-order valence-electron chi connectivity index (χ1n) is 8.10. The Kier molecular flexibility index (Phi) is 6.52. The smallest absolute Gasteiger partial charge is 0.345 e. The molecule has 0 spiro atoms. The van der Waals surface area contributed by atoms with Crippen molar-refractivity contribution in [2.75, 3.05) is 13.7 Å². The van der Waals surface area contributed by atoms with Gasteiger partial charge in [0.15, 0.2) is 6.61 Å². The van der Waals surface area contributed by atoms with Crippen molar-refractivity contribution in [3.63, 3.8) is 0 Å². The van der Waals surface area contributed by atoms with E-state index in [1.54, 1.807) is 7.05 Å². The van der Waals surface area contributed by atoms with Gasteiger partial charge in [-0.1, -0.05) is 35.4 Å². The molecule has 8 heteroatoms. The Hall–Kier alpha value is -2.93. The number of benzene rings is 2. The molecule has 0 fully saturated rings. The topological polar surface area (TPSA) is 89.8 Å². The fourth-order valence-corrected chi connectivity index (χ4v) is 2.69. The molecule has 27 heavy (non-hydrogen) atoms. The summed E-state index contributed by atoms with van der Waals surface area (Å²) < 4.78 is 4.95. The van der Waals surface area contributed by atoms with E-state index in [4.69, 9.17) is 16.3 Å². The number of rotatable bonds is 6. The first-order valence-corrected chi connectivity index (χ1v) is 8.48. The van der Waals surface area contributed by atoms with Crippen LogP contribution in [-0.4, -0.2) is 35.4 Å². The van der Waals surface area contributed by atoms with Crippen molar-refractivity contribution in [1.82, 2.24) is 4.90 Å². The van der Waals surface area contributed by atoms with E-state index in [0.717, 1.165) is 28.8 Å². The summed E-state index contributed by atoms with van der Waals surface area (Å²) in [4.78, 5) is 36.1. The van der Waals surface area contributed by atoms with Gasteiger partial charge in [0, 0.05) is 24.7 Å². The minimum absolute atomic E-state index is 0.158. The molecular formula is C19H19ClN2O5. The second kappa shape index (κ2) is 8.64. The van der Waals surface area contributed by atoms with Gasteiger partial charge in [0.25, 0.3) is 11.6 Å². The molecule has 0 saturated carbocycles. The lowest BCUT2D eigenvalue weighted by molar-refractivity contribution is -0.385. The molecule has 0 aromatic heterocycles. The molecule has 142 valence electrons. The van der Waals surface area contributed by atoms with E-state index in [0.29, 0.717) is 6.54 Å². The van der Waals surface area contributed by atoms with Crippen molar-refractivity contribution in [3.8, 4) is 0 Å². The molecule has 0 heterocycles. The lowest BCUT2D eigenvalue weighted by Gasteiger charge is -2.18. The third-order valence-electron chi connectivity index (χ3n) is 4.03. The highest BCUT2D eigenvalue weighted by Gasteiger charge is 2.23. The van der Waals surface area contributed by atoms with Crippen LogP contribution in [0.2, 0.25) is 5.02 Å². The molecule has 0 aliphatic rings. The molecule has 0 radical (unpaired) electrons. The molecule has 2 aromatic carbocycles. The minimum atomic E-state index is -0.975. The van der Waals surface area contributed by atoms with Crippen LogP contribution in [0.25, 0.3) is 0 Å². The number of esters is 1. The summed E-state index contributed by atoms with van der Waals surface area (Å²) in [6.07, 6.45) is 0. The van der Waals surface area contributed by atoms with Crippen LogP contribution in [0.4, 0.5) is 5.69 Å². The van der Waals surface area contributed by atoms with Crippen molar-refractivity contribution in [1.29, 1.82) is 0 Å². The predicted molar refractivity (Wildman–Crippen MR) is 101 cm³/mol. The average molecular weight is 391 g/mol. The molecule has 1 amide bonds. The normalized spacial score (nSPS) is 10.4. The molecule has 0 bridgehead atoms. The Labute approximate surface area is 161 Å². The number of hydrogen-bond donors (Lipinski definition) is 0. The molecular weight excluding hydrogens is 372 g/mol. The zero-order valence-electron chi connectivity index (χ0n) is 15.2. The standard InChI is InChI=1S/C19H19ClN2O5/c1-12-4-5-14(13(2)8-12)10-21(3)18(23)11-27-19(24)16-9-15(20)6-7-17(16)22(25)26/h4-9H,10-11H2,1-3H3. The van der Waals surface area contributed by atoms with Crippen LogP contribution in [0.1, 0.15) is 27.0 Å². The van der Waals surface area contributed by atoms with E-state index in [1.165, 1.54) is 11.0 Å². The highest BCUT2D eigenvalue weighted by Crippen LogP contribution is 2.23. The number of amides is 1. The van der Waals surface area contributed by atoms with E-state index in [1.807, 2.05) is 32.0 Å². The first-order chi connectivity index (χ1) is 12.7. The molecule has 2 aromatic rings. The van der Waals surface area contributed by atoms with E-state index < -0.39 is 29.1 Å². The van der Waals surface area contributed by atoms with Crippen molar-refractivity contribution in [3.05, 3.63) is 73.8 Å². The summed E-state index contributed by atoms with van der Waals surface area (Å²) in [6, 6.07) is 9.49. The van der Waals surface area contributed by atoms with E-state index in [-0.39, 0.29) is 10.6 Å². The fraction of sp³-hybridized carbons (Fsp3) is 0.263. The number of carbonyl (C=O) groups excluding carboxylic acids is 2. The van der Waals surface area contributed by atoms with E-state index in [9.17, 15) is 19.7 Å². The lowest BCUT2D eigenvalue weighted by Crippen LogP contribution is -2.31. The summed E-state index contributed by atoms with van der Waals surface area (Å²) >= 11 is 5.79. The summed E-state index contributed by atoms with van der Waals surface area (Å²) in [7, 11) is 1.59. The first kappa shape index (κ1) is 20.4. The van der Waals surface area contributed by atoms with Crippen molar-refractivity contribution in [2.45, 2.75) is 20.4 Å². The second-order valence-electron chi connectivity index (χ2n) is 6.17. The zero-order valence-corrected chi connectivity index (χ0v) is 15.9. The summed E-state index contributed by atoms with van der Waals surface area (Å²) in [5.41, 5.74) is 2.44. The number of nitro benzene ring substituents is 1. The minimum Gasteiger partial charge on any atom is -0.452 e. The van der Waals surface area contributed by atoms with Gasteiger partial charge in [-0.25, -0.2) is 4.79 Å². The van der Waals surface area contributed by atoms with Crippen molar-refractivity contribution < 1.29 is 19.2 Å². The van der Waals surface area contributed by atoms with E-state index in [2.05, 4.69) is 0 Å². The van der Waals surface area contributed by atoms with Gasteiger partial charge in [-0.05, 0) is 37.1 Å². The average Bonchev–Trinajstić information content (AvgIpc) is 2.61. The quantitative estimate of drug-likeness (QED) is 0.426. The Morgan fingerprint density at radius 1 is 1.19 bits per heavy atom. The SMILES string of the molecule is Cc1ccc(CN(C)C(=O)COC(=O)c2cc(Cl)ccc2[N+](=O)[O-])c(C)c1. The molecule has 0 aliphatic heterocycles.